The molecule has 10 nitrogen and oxygen atoms in total. The molecule has 0 saturated heterocycles. The summed E-state index contributed by atoms with van der Waals surface area (Å²) in [5.41, 5.74) is 2.95. The molecule has 0 aliphatic carbocycles. The Labute approximate surface area is 280 Å². The predicted molar refractivity (Wildman–Crippen MR) is 184 cm³/mol. The number of ether oxygens (including phenoxy) is 3. The Kier molecular flexibility index (Phi) is 9.49. The topological polar surface area (TPSA) is 122 Å². The summed E-state index contributed by atoms with van der Waals surface area (Å²) in [6.07, 6.45) is 3.08. The van der Waals surface area contributed by atoms with Crippen LogP contribution in [0.15, 0.2) is 106 Å². The highest BCUT2D eigenvalue weighted by Crippen LogP contribution is 2.41. The lowest BCUT2D eigenvalue weighted by molar-refractivity contribution is -0.384. The fourth-order valence-electron chi connectivity index (χ4n) is 5.82. The molecule has 0 spiro atoms. The van der Waals surface area contributed by atoms with Crippen LogP contribution < -0.4 is 24.4 Å². The second-order valence-electron chi connectivity index (χ2n) is 11.1. The average Bonchev–Trinajstić information content (AvgIpc) is 3.41. The third kappa shape index (κ3) is 6.37. The quantitative estimate of drug-likeness (QED) is 0.0933. The van der Waals surface area contributed by atoms with Crippen LogP contribution in [0.2, 0.25) is 0 Å². The van der Waals surface area contributed by atoms with Crippen molar-refractivity contribution in [1.29, 1.82) is 0 Å². The molecule has 0 radical (unpaired) electrons. The third-order valence-electron chi connectivity index (χ3n) is 8.05. The van der Waals surface area contributed by atoms with Gasteiger partial charge < -0.3 is 14.2 Å². The average molecular weight is 664 g/mol. The maximum atomic E-state index is 14.3. The highest BCUT2D eigenvalue weighted by Gasteiger charge is 2.37. The molecule has 1 aliphatic heterocycles. The number of nitrogens with zero attached hydrogens (tertiary/aromatic N) is 3. The number of thiazole rings is 1. The summed E-state index contributed by atoms with van der Waals surface area (Å²) in [7, 11) is 1.58. The van der Waals surface area contributed by atoms with Gasteiger partial charge in [-0.25, -0.2) is 9.79 Å². The van der Waals surface area contributed by atoms with Crippen molar-refractivity contribution in [1.82, 2.24) is 4.57 Å². The van der Waals surface area contributed by atoms with E-state index < -0.39 is 16.9 Å². The van der Waals surface area contributed by atoms with Gasteiger partial charge in [-0.05, 0) is 71.7 Å². The van der Waals surface area contributed by atoms with Crippen LogP contribution in [0.1, 0.15) is 49.4 Å². The number of carbonyl (C=O) groups excluding carboxylic acids is 1. The molecule has 0 bridgehead atoms. The Morgan fingerprint density at radius 3 is 2.46 bits per heavy atom. The number of benzene rings is 4. The second-order valence-corrected chi connectivity index (χ2v) is 12.1. The molecule has 1 aliphatic rings. The maximum Gasteiger partial charge on any atom is 0.338 e. The summed E-state index contributed by atoms with van der Waals surface area (Å²) in [6.45, 7) is 4.20. The van der Waals surface area contributed by atoms with E-state index in [0.717, 1.165) is 28.3 Å². The number of aromatic nitrogens is 1. The van der Waals surface area contributed by atoms with E-state index in [2.05, 4.69) is 0 Å². The van der Waals surface area contributed by atoms with Gasteiger partial charge in [0.05, 0.1) is 34.4 Å². The smallest absolute Gasteiger partial charge is 0.338 e. The lowest BCUT2D eigenvalue weighted by Gasteiger charge is -2.28. The summed E-state index contributed by atoms with van der Waals surface area (Å²) in [4.78, 5) is 43.9. The molecule has 0 amide bonds. The molecule has 48 heavy (non-hydrogen) atoms. The number of rotatable bonds is 11. The Bertz CT molecular complexity index is 2220. The number of carbonyl (C=O) groups is 1. The number of methoxy groups -OCH3 is 1. The lowest BCUT2D eigenvalue weighted by atomic mass is 9.90. The van der Waals surface area contributed by atoms with Gasteiger partial charge >= 0.3 is 5.97 Å². The van der Waals surface area contributed by atoms with Crippen molar-refractivity contribution in [2.75, 3.05) is 13.7 Å². The van der Waals surface area contributed by atoms with Crippen LogP contribution in [0.25, 0.3) is 16.8 Å². The van der Waals surface area contributed by atoms with Crippen LogP contribution in [-0.2, 0) is 16.1 Å². The van der Waals surface area contributed by atoms with Gasteiger partial charge in [-0.15, -0.1) is 0 Å². The van der Waals surface area contributed by atoms with E-state index >= 15 is 0 Å². The molecule has 0 fully saturated rings. The fraction of sp³-hybridized carbons (Fsp3) is 0.216. The standard InChI is InChI=1S/C37H33N3O7S/c1-4-8-29-33(36(42)46-5-2)34(32-28-10-7-6-9-25(28)15-20-30(32)45-3)39-35(41)31(48-37(39)38-29)21-23-13-18-27(19-14-23)47-22-24-11-16-26(17-12-24)40(43)44/h6-7,9-21,34H,4-5,8,22H2,1-3H3/b31-21-. The monoisotopic (exact) mass is 663 g/mol. The summed E-state index contributed by atoms with van der Waals surface area (Å²) < 4.78 is 19.3. The van der Waals surface area contributed by atoms with Crippen molar-refractivity contribution in [2.24, 2.45) is 4.99 Å². The van der Waals surface area contributed by atoms with Crippen molar-refractivity contribution < 1.29 is 23.9 Å². The Morgan fingerprint density at radius 2 is 1.77 bits per heavy atom. The van der Waals surface area contributed by atoms with E-state index in [4.69, 9.17) is 19.2 Å². The number of hydrogen-bond acceptors (Lipinski definition) is 9. The number of esters is 1. The number of nitro benzene ring substituents is 1. The first kappa shape index (κ1) is 32.4. The number of allylic oxidation sites excluding steroid dienone is 1. The Hall–Kier alpha value is -5.55. The van der Waals surface area contributed by atoms with Crippen LogP contribution in [0.5, 0.6) is 11.5 Å². The van der Waals surface area contributed by atoms with Gasteiger partial charge in [-0.1, -0.05) is 67.1 Å². The van der Waals surface area contributed by atoms with Crippen molar-refractivity contribution in [2.45, 2.75) is 39.3 Å². The van der Waals surface area contributed by atoms with Crippen LogP contribution in [0.4, 0.5) is 5.69 Å². The van der Waals surface area contributed by atoms with Gasteiger partial charge in [-0.2, -0.15) is 0 Å². The van der Waals surface area contributed by atoms with Gasteiger partial charge in [0.1, 0.15) is 24.1 Å². The minimum atomic E-state index is -0.819. The van der Waals surface area contributed by atoms with E-state index in [1.165, 1.54) is 23.5 Å². The minimum absolute atomic E-state index is 0.0228. The summed E-state index contributed by atoms with van der Waals surface area (Å²) in [5, 5.41) is 12.7. The maximum absolute atomic E-state index is 14.3. The molecule has 0 saturated carbocycles. The first-order valence-corrected chi connectivity index (χ1v) is 16.4. The van der Waals surface area contributed by atoms with Crippen molar-refractivity contribution >= 4 is 39.8 Å². The molecule has 4 aromatic carbocycles. The molecule has 6 rings (SSSR count). The third-order valence-corrected chi connectivity index (χ3v) is 9.03. The lowest BCUT2D eigenvalue weighted by Crippen LogP contribution is -2.40. The van der Waals surface area contributed by atoms with E-state index in [0.29, 0.717) is 44.1 Å². The molecule has 0 N–H and O–H groups in total. The molecular weight excluding hydrogens is 630 g/mol. The molecule has 244 valence electrons. The number of nitro groups is 1. The van der Waals surface area contributed by atoms with E-state index in [-0.39, 0.29) is 24.5 Å². The zero-order valence-corrected chi connectivity index (χ0v) is 27.5. The summed E-state index contributed by atoms with van der Waals surface area (Å²) in [5.74, 6) is 0.652. The van der Waals surface area contributed by atoms with Gasteiger partial charge in [-0.3, -0.25) is 19.5 Å². The zero-order valence-electron chi connectivity index (χ0n) is 26.7. The molecule has 1 aromatic heterocycles. The van der Waals surface area contributed by atoms with Crippen molar-refractivity contribution in [3.8, 4) is 11.5 Å². The fourth-order valence-corrected chi connectivity index (χ4v) is 6.84. The molecule has 11 heteroatoms. The first-order valence-electron chi connectivity index (χ1n) is 15.6. The summed E-state index contributed by atoms with van der Waals surface area (Å²) in [6, 6.07) is 24.3. The molecule has 1 atom stereocenters. The van der Waals surface area contributed by atoms with E-state index in [9.17, 15) is 19.7 Å². The van der Waals surface area contributed by atoms with Gasteiger partial charge in [0, 0.05) is 17.7 Å². The van der Waals surface area contributed by atoms with Crippen molar-refractivity contribution in [3.05, 3.63) is 143 Å². The first-order chi connectivity index (χ1) is 23.3. The minimum Gasteiger partial charge on any atom is -0.496 e. The number of hydrogen-bond donors (Lipinski definition) is 0. The summed E-state index contributed by atoms with van der Waals surface area (Å²) >= 11 is 1.27. The number of non-ortho nitro benzene ring substituents is 1. The molecule has 1 unspecified atom stereocenters. The van der Waals surface area contributed by atoms with Crippen LogP contribution >= 0.6 is 11.3 Å². The largest absolute Gasteiger partial charge is 0.496 e. The number of fused-ring (bicyclic) bond motifs is 2. The van der Waals surface area contributed by atoms with Crippen molar-refractivity contribution in [3.63, 3.8) is 0 Å². The van der Waals surface area contributed by atoms with Gasteiger partial charge in [0.15, 0.2) is 4.80 Å². The van der Waals surface area contributed by atoms with Crippen LogP contribution in [0, 0.1) is 10.1 Å². The molecular formula is C37H33N3O7S. The van der Waals surface area contributed by atoms with Gasteiger partial charge in [0.25, 0.3) is 11.2 Å². The van der Waals surface area contributed by atoms with Gasteiger partial charge in [0.2, 0.25) is 0 Å². The Balaban J connectivity index is 1.42. The predicted octanol–water partition coefficient (Wildman–Crippen LogP) is 6.23. The highest BCUT2D eigenvalue weighted by molar-refractivity contribution is 7.07. The SMILES string of the molecule is CCCC1=C(C(=O)OCC)C(c2c(OC)ccc3ccccc23)n2c(s/c(=C\c3ccc(OCc4ccc([N+](=O)[O-])cc4)cc3)c2=O)=N1. The zero-order chi connectivity index (χ0) is 33.8. The van der Waals surface area contributed by atoms with Crippen LogP contribution in [-0.4, -0.2) is 29.2 Å². The van der Waals surface area contributed by atoms with Crippen LogP contribution in [0.3, 0.4) is 0 Å². The highest BCUT2D eigenvalue weighted by atomic mass is 32.1. The molecule has 5 aromatic rings. The van der Waals surface area contributed by atoms with E-state index in [1.54, 1.807) is 48.9 Å². The Morgan fingerprint density at radius 1 is 1.02 bits per heavy atom. The van der Waals surface area contributed by atoms with E-state index in [1.807, 2.05) is 55.5 Å². The normalized spacial score (nSPS) is 14.4. The second kappa shape index (κ2) is 14.1. The molecule has 2 heterocycles.